The van der Waals surface area contributed by atoms with E-state index in [1.807, 2.05) is 0 Å². The van der Waals surface area contributed by atoms with Crippen LogP contribution in [0, 0.1) is 0 Å². The molecule has 0 aromatic rings. The fourth-order valence-corrected chi connectivity index (χ4v) is 0. The summed E-state index contributed by atoms with van der Waals surface area (Å²) in [7, 11) is 0. The van der Waals surface area contributed by atoms with Crippen molar-refractivity contribution < 1.29 is 22.2 Å². The second kappa shape index (κ2) is 9.69. The first kappa shape index (κ1) is 15.7. The van der Waals surface area contributed by atoms with Crippen LogP contribution in [-0.2, 0) is 17.1 Å². The van der Waals surface area contributed by atoms with Crippen molar-refractivity contribution in [2.75, 3.05) is 0 Å². The van der Waals surface area contributed by atoms with Crippen LogP contribution >= 0.6 is 12.2 Å². The molecule has 5 heteroatoms. The molecule has 6 heavy (non-hydrogen) atoms. The van der Waals surface area contributed by atoms with E-state index in [4.69, 9.17) is 5.11 Å². The van der Waals surface area contributed by atoms with Crippen molar-refractivity contribution in [2.45, 2.75) is 0 Å². The molecule has 0 amide bonds. The second-order valence-corrected chi connectivity index (χ2v) is 0.757. The summed E-state index contributed by atoms with van der Waals surface area (Å²) in [6, 6.07) is 0. The van der Waals surface area contributed by atoms with E-state index in [0.717, 1.165) is 0 Å². The average molecular weight is 175 g/mol. The summed E-state index contributed by atoms with van der Waals surface area (Å²) in [4.78, 5) is 0. The molecule has 0 aromatic heterocycles. The van der Waals surface area contributed by atoms with Gasteiger partial charge in [-0.05, 0) is 12.2 Å². The Labute approximate surface area is 81.9 Å². The molecule has 3 N–H and O–H groups in total. The molecule has 0 aliphatic heterocycles. The molecule has 0 unspecified atom stereocenters. The first-order chi connectivity index (χ1) is 1.73. The Morgan fingerprint density at radius 3 is 1.67 bits per heavy atom. The van der Waals surface area contributed by atoms with Gasteiger partial charge in [0, 0.05) is 17.1 Å². The minimum Gasteiger partial charge on any atom is 0 e. The maximum Gasteiger partial charge on any atom is 0 e. The molecule has 36 valence electrons. The van der Waals surface area contributed by atoms with E-state index in [2.05, 4.69) is 18.0 Å². The van der Waals surface area contributed by atoms with E-state index < -0.39 is 5.17 Å². The van der Waals surface area contributed by atoms with E-state index in [0.29, 0.717) is 0 Å². The molecule has 0 atom stereocenters. The first-order valence-corrected chi connectivity index (χ1v) is 1.12. The number of nitrogens with two attached hydrogens (primary N) is 1. The summed E-state index contributed by atoms with van der Waals surface area (Å²) in [6.45, 7) is 0. The van der Waals surface area contributed by atoms with Gasteiger partial charge in [-0.15, -0.1) is 0 Å². The molecule has 0 saturated carbocycles. The van der Waals surface area contributed by atoms with Gasteiger partial charge in [-0.2, -0.15) is 0 Å². The molecule has 0 heterocycles. The van der Waals surface area contributed by atoms with E-state index in [9.17, 15) is 0 Å². The van der Waals surface area contributed by atoms with Crippen LogP contribution < -0.4 is 5.73 Å². The van der Waals surface area contributed by atoms with Crippen molar-refractivity contribution in [3.8, 4) is 0 Å². The largest absolute Gasteiger partial charge is 0 e. The quantitative estimate of drug-likeness (QED) is 0.361. The number of thiocarbonyl (C=S) groups is 1. The van der Waals surface area contributed by atoms with Crippen molar-refractivity contribution in [2.24, 2.45) is 5.73 Å². The zero-order valence-electron chi connectivity index (χ0n) is 2.29. The maximum absolute atomic E-state index is 7.56. The van der Waals surface area contributed by atoms with Crippen molar-refractivity contribution >= 4 is 55.1 Å². The molecule has 0 aliphatic rings. The van der Waals surface area contributed by atoms with E-state index in [1.165, 1.54) is 0 Å². The first-order valence-electron chi connectivity index (χ1n) is 0.716. The second-order valence-electron chi connectivity index (χ2n) is 0.338. The fraction of sp³-hybridized carbons (Fsp3) is 0. The molecule has 0 bridgehead atoms. The molecule has 0 spiro atoms. The summed E-state index contributed by atoms with van der Waals surface area (Å²) in [5.74, 6) is 0. The maximum atomic E-state index is 7.56. The molecule has 0 saturated heterocycles. The summed E-state index contributed by atoms with van der Waals surface area (Å²) in [5.41, 5.74) is 4.40. The van der Waals surface area contributed by atoms with Crippen molar-refractivity contribution in [3.63, 3.8) is 0 Å². The van der Waals surface area contributed by atoms with E-state index in [-0.39, 0.29) is 54.8 Å². The number of rotatable bonds is 0. The number of hydrogen-bond donors (Lipinski definition) is 2. The van der Waals surface area contributed by atoms with Gasteiger partial charge in [-0.25, -0.2) is 0 Å². The van der Waals surface area contributed by atoms with Crippen molar-refractivity contribution in [3.05, 3.63) is 0 Å². The van der Waals surface area contributed by atoms with Crippen molar-refractivity contribution in [1.29, 1.82) is 0 Å². The van der Waals surface area contributed by atoms with Crippen LogP contribution in [0.25, 0.3) is 0 Å². The molecular formula is CH5CaFeNOS. The van der Waals surface area contributed by atoms with Gasteiger partial charge in [-0.1, -0.05) is 0 Å². The smallest absolute Gasteiger partial charge is 0 e. The monoisotopic (exact) mass is 175 g/mol. The van der Waals surface area contributed by atoms with Crippen LogP contribution in [0.4, 0.5) is 0 Å². The van der Waals surface area contributed by atoms with Crippen LogP contribution in [-0.4, -0.2) is 48.0 Å². The van der Waals surface area contributed by atoms with Gasteiger partial charge in [-0.3, -0.25) is 0 Å². The Hall–Kier alpha value is 1.47. The molecule has 2 nitrogen and oxygen atoms in total. The van der Waals surface area contributed by atoms with E-state index >= 15 is 0 Å². The third-order valence-electron chi connectivity index (χ3n) is 0. The molecule has 0 rings (SSSR count). The average Bonchev–Trinajstić information content (AvgIpc) is 0.811. The Morgan fingerprint density at radius 2 is 1.67 bits per heavy atom. The molecular weight excluding hydrogens is 170 g/mol. The van der Waals surface area contributed by atoms with Crippen LogP contribution in [0.2, 0.25) is 0 Å². The minimum atomic E-state index is -0.500. The third-order valence-corrected chi connectivity index (χ3v) is 0. The summed E-state index contributed by atoms with van der Waals surface area (Å²) in [6.07, 6.45) is 0. The fourth-order valence-electron chi connectivity index (χ4n) is 0. The Kier molecular flexibility index (Phi) is 25.3. The van der Waals surface area contributed by atoms with Gasteiger partial charge in [0.25, 0.3) is 5.17 Å². The van der Waals surface area contributed by atoms with Gasteiger partial charge in [0.2, 0.25) is 0 Å². The molecule has 0 fully saturated rings. The molecule has 0 aliphatic carbocycles. The summed E-state index contributed by atoms with van der Waals surface area (Å²) < 4.78 is 0. The van der Waals surface area contributed by atoms with Crippen LogP contribution in [0.3, 0.4) is 0 Å². The zero-order valence-corrected chi connectivity index (χ0v) is 4.21. The predicted octanol–water partition coefficient (Wildman–Crippen LogP) is -1.13. The van der Waals surface area contributed by atoms with Gasteiger partial charge in [0.05, 0.1) is 0 Å². The standard InChI is InChI=1S/CH3NOS.Ca.Fe.2H/c2-1(3)4;;;;/h(H3,2,3,4);;;;. The topological polar surface area (TPSA) is 46.2 Å². The van der Waals surface area contributed by atoms with Crippen LogP contribution in [0.1, 0.15) is 0 Å². The Morgan fingerprint density at radius 1 is 1.67 bits per heavy atom. The minimum absolute atomic E-state index is 0. The van der Waals surface area contributed by atoms with Crippen LogP contribution in [0.5, 0.6) is 0 Å². The molecule has 0 aromatic carbocycles. The van der Waals surface area contributed by atoms with Crippen LogP contribution in [0.15, 0.2) is 0 Å². The third kappa shape index (κ3) is 50.6. The number of aliphatic hydroxyl groups is 1. The predicted molar refractivity (Wildman–Crippen MR) is 28.0 cm³/mol. The van der Waals surface area contributed by atoms with E-state index in [1.54, 1.807) is 0 Å². The Balaban J connectivity index is -0.0000000450. The summed E-state index contributed by atoms with van der Waals surface area (Å²) >= 11 is 3.87. The number of aliphatic hydroxyl groups excluding tert-OH is 1. The Bertz CT molecular complexity index is 38.5. The zero-order chi connectivity index (χ0) is 3.58. The van der Waals surface area contributed by atoms with Gasteiger partial charge >= 0.3 is 37.7 Å². The van der Waals surface area contributed by atoms with Gasteiger partial charge in [0.1, 0.15) is 0 Å². The SMILES string of the molecule is NC(O)=S.[CaH2].[Fe]. The normalized spacial score (nSPS) is 4.00. The van der Waals surface area contributed by atoms with Gasteiger partial charge in [0.15, 0.2) is 0 Å². The van der Waals surface area contributed by atoms with Gasteiger partial charge < -0.3 is 10.8 Å². The summed E-state index contributed by atoms with van der Waals surface area (Å²) in [5, 5.41) is 7.06. The van der Waals surface area contributed by atoms with Crippen molar-refractivity contribution in [1.82, 2.24) is 0 Å². The number of hydrogen-bond acceptors (Lipinski definition) is 1. The molecule has 0 radical (unpaired) electrons.